The van der Waals surface area contributed by atoms with Gasteiger partial charge in [-0.3, -0.25) is 4.21 Å². The van der Waals surface area contributed by atoms with Crippen LogP contribution in [0.5, 0.6) is 0 Å². The van der Waals surface area contributed by atoms with Gasteiger partial charge in [-0.2, -0.15) is 0 Å². The first-order valence-electron chi connectivity index (χ1n) is 6.13. The number of benzene rings is 1. The molecule has 1 heterocycles. The Balaban J connectivity index is 2.05. The molecular formula is C13H19N3OS. The first-order chi connectivity index (χ1) is 8.54. The number of anilines is 1. The normalized spacial score (nSPS) is 13.3. The predicted octanol–water partition coefficient (Wildman–Crippen LogP) is 2.44. The second kappa shape index (κ2) is 5.52. The third-order valence-electron chi connectivity index (χ3n) is 2.78. The highest BCUT2D eigenvalue weighted by molar-refractivity contribution is 7.84. The van der Waals surface area contributed by atoms with Gasteiger partial charge in [0.05, 0.1) is 16.8 Å². The van der Waals surface area contributed by atoms with Crippen molar-refractivity contribution in [2.45, 2.75) is 26.0 Å². The Labute approximate surface area is 109 Å². The van der Waals surface area contributed by atoms with Gasteiger partial charge in [0.25, 0.3) is 0 Å². The van der Waals surface area contributed by atoms with Crippen LogP contribution in [0.15, 0.2) is 18.2 Å². The molecule has 0 radical (unpaired) electrons. The molecule has 4 nitrogen and oxygen atoms in total. The molecule has 0 bridgehead atoms. The first kappa shape index (κ1) is 13.1. The Kier molecular flexibility index (Phi) is 4.01. The van der Waals surface area contributed by atoms with Crippen LogP contribution in [0.3, 0.4) is 0 Å². The van der Waals surface area contributed by atoms with Crippen molar-refractivity contribution in [3.63, 3.8) is 0 Å². The van der Waals surface area contributed by atoms with E-state index in [2.05, 4.69) is 23.8 Å². The largest absolute Gasteiger partial charge is 0.399 e. The van der Waals surface area contributed by atoms with Gasteiger partial charge in [0.15, 0.2) is 0 Å². The van der Waals surface area contributed by atoms with E-state index in [0.29, 0.717) is 17.4 Å². The van der Waals surface area contributed by atoms with Crippen LogP contribution < -0.4 is 5.73 Å². The van der Waals surface area contributed by atoms with Crippen molar-refractivity contribution >= 4 is 27.5 Å². The fraction of sp³-hybridized carbons (Fsp3) is 0.462. The van der Waals surface area contributed by atoms with Gasteiger partial charge in [-0.15, -0.1) is 0 Å². The fourth-order valence-electron chi connectivity index (χ4n) is 1.74. The minimum atomic E-state index is -0.849. The summed E-state index contributed by atoms with van der Waals surface area (Å²) in [5.41, 5.74) is 8.20. The van der Waals surface area contributed by atoms with Crippen LogP contribution in [0.2, 0.25) is 0 Å². The highest BCUT2D eigenvalue weighted by Crippen LogP contribution is 2.16. The molecule has 3 N–H and O–H groups in total. The van der Waals surface area contributed by atoms with Crippen LogP contribution in [0.4, 0.5) is 5.69 Å². The molecule has 1 atom stereocenters. The van der Waals surface area contributed by atoms with Gasteiger partial charge in [-0.05, 0) is 30.5 Å². The van der Waals surface area contributed by atoms with Gasteiger partial charge in [0.2, 0.25) is 0 Å². The minimum absolute atomic E-state index is 0.487. The van der Waals surface area contributed by atoms with Gasteiger partial charge < -0.3 is 10.7 Å². The molecule has 0 spiro atoms. The quantitative estimate of drug-likeness (QED) is 0.816. The summed E-state index contributed by atoms with van der Waals surface area (Å²) in [6, 6.07) is 5.55. The van der Waals surface area contributed by atoms with E-state index >= 15 is 0 Å². The molecule has 1 unspecified atom stereocenters. The number of H-pyrrole nitrogens is 1. The Morgan fingerprint density at radius 3 is 2.94 bits per heavy atom. The highest BCUT2D eigenvalue weighted by Gasteiger charge is 2.08. The summed E-state index contributed by atoms with van der Waals surface area (Å²) in [5, 5.41) is 0. The van der Waals surface area contributed by atoms with E-state index in [4.69, 9.17) is 5.73 Å². The lowest BCUT2D eigenvalue weighted by molar-refractivity contribution is 0.619. The van der Waals surface area contributed by atoms with Gasteiger partial charge in [0, 0.05) is 22.2 Å². The van der Waals surface area contributed by atoms with Crippen LogP contribution in [0, 0.1) is 5.92 Å². The molecule has 0 aliphatic carbocycles. The molecule has 2 aromatic rings. The first-order valence-corrected chi connectivity index (χ1v) is 7.62. The lowest BCUT2D eigenvalue weighted by atomic mass is 10.2. The van der Waals surface area contributed by atoms with Crippen molar-refractivity contribution in [2.75, 3.05) is 11.5 Å². The molecule has 1 aromatic heterocycles. The number of nitrogens with two attached hydrogens (primary N) is 1. The van der Waals surface area contributed by atoms with Crippen molar-refractivity contribution in [1.29, 1.82) is 0 Å². The van der Waals surface area contributed by atoms with Crippen LogP contribution in [0.25, 0.3) is 11.0 Å². The van der Waals surface area contributed by atoms with E-state index < -0.39 is 10.8 Å². The number of rotatable bonds is 5. The average Bonchev–Trinajstić information content (AvgIpc) is 2.67. The van der Waals surface area contributed by atoms with Gasteiger partial charge >= 0.3 is 0 Å². The molecule has 1 aromatic carbocycles. The summed E-state index contributed by atoms with van der Waals surface area (Å²) >= 11 is 0. The zero-order valence-corrected chi connectivity index (χ0v) is 11.6. The summed E-state index contributed by atoms with van der Waals surface area (Å²) < 4.78 is 11.9. The molecule has 0 fully saturated rings. The average molecular weight is 265 g/mol. The van der Waals surface area contributed by atoms with Gasteiger partial charge in [-0.1, -0.05) is 13.8 Å². The van der Waals surface area contributed by atoms with Gasteiger partial charge in [-0.25, -0.2) is 4.98 Å². The fourth-order valence-corrected chi connectivity index (χ4v) is 3.06. The predicted molar refractivity (Wildman–Crippen MR) is 76.7 cm³/mol. The maximum atomic E-state index is 11.9. The second-order valence-corrected chi connectivity index (χ2v) is 6.51. The van der Waals surface area contributed by atoms with E-state index in [1.54, 1.807) is 0 Å². The minimum Gasteiger partial charge on any atom is -0.399 e. The van der Waals surface area contributed by atoms with E-state index in [9.17, 15) is 4.21 Å². The summed E-state index contributed by atoms with van der Waals surface area (Å²) in [6.45, 7) is 4.28. The Bertz CT molecular complexity index is 562. The van der Waals surface area contributed by atoms with E-state index in [1.165, 1.54) is 0 Å². The number of aromatic amines is 1. The Morgan fingerprint density at radius 1 is 1.44 bits per heavy atom. The molecule has 18 heavy (non-hydrogen) atoms. The number of nitrogen functional groups attached to an aromatic ring is 1. The van der Waals surface area contributed by atoms with Crippen molar-refractivity contribution in [3.8, 4) is 0 Å². The van der Waals surface area contributed by atoms with Crippen molar-refractivity contribution in [1.82, 2.24) is 9.97 Å². The number of fused-ring (bicyclic) bond motifs is 1. The highest BCUT2D eigenvalue weighted by atomic mass is 32.2. The standard InChI is InChI=1S/C13H19N3OS/c1-9(2)5-6-18(17)8-13-15-11-4-3-10(14)7-12(11)16-13/h3-4,7,9H,5-6,8,14H2,1-2H3,(H,15,16). The summed E-state index contributed by atoms with van der Waals surface area (Å²) in [7, 11) is -0.849. The number of aromatic nitrogens is 2. The van der Waals surface area contributed by atoms with E-state index in [1.807, 2.05) is 18.2 Å². The number of hydrogen-bond donors (Lipinski definition) is 2. The van der Waals surface area contributed by atoms with Crippen molar-refractivity contribution < 1.29 is 4.21 Å². The second-order valence-electron chi connectivity index (χ2n) is 4.93. The van der Waals surface area contributed by atoms with Crippen molar-refractivity contribution in [3.05, 3.63) is 24.0 Å². The lowest BCUT2D eigenvalue weighted by Gasteiger charge is -2.03. The molecule has 2 rings (SSSR count). The lowest BCUT2D eigenvalue weighted by Crippen LogP contribution is -2.04. The maximum Gasteiger partial charge on any atom is 0.119 e. The van der Waals surface area contributed by atoms with Crippen LogP contribution in [-0.2, 0) is 16.6 Å². The van der Waals surface area contributed by atoms with E-state index in [0.717, 1.165) is 29.0 Å². The third kappa shape index (κ3) is 3.32. The third-order valence-corrected chi connectivity index (χ3v) is 4.06. The smallest absolute Gasteiger partial charge is 0.119 e. The number of nitrogens with zero attached hydrogens (tertiary/aromatic N) is 1. The topological polar surface area (TPSA) is 71.8 Å². The molecule has 98 valence electrons. The maximum absolute atomic E-state index is 11.9. The summed E-state index contributed by atoms with van der Waals surface area (Å²) in [5.74, 6) is 2.58. The zero-order valence-electron chi connectivity index (χ0n) is 10.8. The molecule has 5 heteroatoms. The number of imidazole rings is 1. The summed E-state index contributed by atoms with van der Waals surface area (Å²) in [6.07, 6.45) is 0.986. The number of hydrogen-bond acceptors (Lipinski definition) is 3. The molecule has 0 amide bonds. The molecule has 0 saturated heterocycles. The Morgan fingerprint density at radius 2 is 2.22 bits per heavy atom. The zero-order chi connectivity index (χ0) is 13.1. The number of nitrogens with one attached hydrogen (secondary N) is 1. The molecule has 0 aliphatic rings. The Hall–Kier alpha value is -1.36. The molecule has 0 aliphatic heterocycles. The van der Waals surface area contributed by atoms with Crippen LogP contribution in [-0.4, -0.2) is 19.9 Å². The summed E-state index contributed by atoms with van der Waals surface area (Å²) in [4.78, 5) is 7.59. The van der Waals surface area contributed by atoms with Crippen molar-refractivity contribution in [2.24, 2.45) is 5.92 Å². The van der Waals surface area contributed by atoms with Crippen LogP contribution >= 0.6 is 0 Å². The van der Waals surface area contributed by atoms with Crippen LogP contribution in [0.1, 0.15) is 26.1 Å². The SMILES string of the molecule is CC(C)CCS(=O)Cc1nc2ccc(N)cc2[nH]1. The molecule has 0 saturated carbocycles. The molecular weight excluding hydrogens is 246 g/mol. The monoisotopic (exact) mass is 265 g/mol. The van der Waals surface area contributed by atoms with E-state index in [-0.39, 0.29) is 0 Å². The van der Waals surface area contributed by atoms with Gasteiger partial charge in [0.1, 0.15) is 5.82 Å².